The van der Waals surface area contributed by atoms with Crippen molar-refractivity contribution in [1.82, 2.24) is 24.1 Å². The quantitative estimate of drug-likeness (QED) is 0.456. The van der Waals surface area contributed by atoms with Gasteiger partial charge in [0.15, 0.2) is 5.82 Å². The van der Waals surface area contributed by atoms with E-state index in [2.05, 4.69) is 15.0 Å². The smallest absolute Gasteiger partial charge is 0.279 e. The van der Waals surface area contributed by atoms with Crippen molar-refractivity contribution < 1.29 is 9.18 Å². The largest absolute Gasteiger partial charge is 0.368 e. The Hall–Kier alpha value is -4.01. The molecule has 1 aliphatic carbocycles. The minimum absolute atomic E-state index is 0.00679. The second-order valence-corrected chi connectivity index (χ2v) is 9.03. The van der Waals surface area contributed by atoms with Crippen LogP contribution in [0, 0.1) is 5.82 Å². The molecule has 1 saturated heterocycles. The first-order valence-electron chi connectivity index (χ1n) is 11.9. The molecule has 4 aromatic rings. The molecule has 178 valence electrons. The van der Waals surface area contributed by atoms with Gasteiger partial charge in [0.2, 0.25) is 11.7 Å². The Morgan fingerprint density at radius 1 is 0.943 bits per heavy atom. The first-order valence-corrected chi connectivity index (χ1v) is 11.9. The number of aromatic nitrogens is 4. The van der Waals surface area contributed by atoms with Gasteiger partial charge in [-0.25, -0.2) is 4.39 Å². The van der Waals surface area contributed by atoms with Crippen LogP contribution < -0.4 is 10.5 Å². The Morgan fingerprint density at radius 2 is 1.69 bits per heavy atom. The Bertz CT molecular complexity index is 1450. The molecule has 1 amide bonds. The van der Waals surface area contributed by atoms with Crippen molar-refractivity contribution in [3.05, 3.63) is 82.0 Å². The number of carbonyl (C=O) groups is 1. The second-order valence-electron chi connectivity index (χ2n) is 9.03. The van der Waals surface area contributed by atoms with E-state index in [0.717, 1.165) is 35.3 Å². The Kier molecular flexibility index (Phi) is 5.32. The molecule has 3 heterocycles. The van der Waals surface area contributed by atoms with Crippen LogP contribution in [0.1, 0.15) is 17.7 Å². The van der Waals surface area contributed by atoms with Crippen molar-refractivity contribution in [2.24, 2.45) is 0 Å². The summed E-state index contributed by atoms with van der Waals surface area (Å²) in [7, 11) is 0. The van der Waals surface area contributed by atoms with E-state index in [1.165, 1.54) is 16.6 Å². The molecule has 0 spiro atoms. The van der Waals surface area contributed by atoms with Crippen molar-refractivity contribution in [2.75, 3.05) is 31.1 Å². The second kappa shape index (κ2) is 8.65. The summed E-state index contributed by atoms with van der Waals surface area (Å²) in [5, 5.41) is 4.50. The van der Waals surface area contributed by atoms with Gasteiger partial charge >= 0.3 is 0 Å². The summed E-state index contributed by atoms with van der Waals surface area (Å²) in [4.78, 5) is 35.2. The van der Waals surface area contributed by atoms with E-state index in [1.54, 1.807) is 12.1 Å². The molecule has 2 aromatic heterocycles. The number of hydrogen-bond acceptors (Lipinski definition) is 5. The van der Waals surface area contributed by atoms with Crippen LogP contribution >= 0.6 is 0 Å². The zero-order valence-corrected chi connectivity index (χ0v) is 19.2. The predicted octanol–water partition coefficient (Wildman–Crippen LogP) is 2.53. The zero-order valence-electron chi connectivity index (χ0n) is 19.2. The van der Waals surface area contributed by atoms with Crippen LogP contribution in [-0.4, -0.2) is 56.2 Å². The fraction of sp³-hybridized carbons (Fsp3) is 0.308. The van der Waals surface area contributed by atoms with Crippen molar-refractivity contribution >= 4 is 17.4 Å². The average molecular weight is 473 g/mol. The fourth-order valence-electron chi connectivity index (χ4n) is 5.10. The molecule has 0 unspecified atom stereocenters. The van der Waals surface area contributed by atoms with Crippen LogP contribution in [0.15, 0.2) is 59.4 Å². The summed E-state index contributed by atoms with van der Waals surface area (Å²) in [5.41, 5.74) is 3.27. The number of fused-ring (bicyclic) bond motifs is 2. The summed E-state index contributed by atoms with van der Waals surface area (Å²) >= 11 is 0. The van der Waals surface area contributed by atoms with Crippen LogP contribution in [0.5, 0.6) is 0 Å². The van der Waals surface area contributed by atoms with Crippen molar-refractivity contribution in [3.8, 4) is 11.4 Å². The van der Waals surface area contributed by atoms with E-state index in [4.69, 9.17) is 0 Å². The highest BCUT2D eigenvalue weighted by Gasteiger charge is 2.27. The summed E-state index contributed by atoms with van der Waals surface area (Å²) in [6.07, 6.45) is 2.32. The van der Waals surface area contributed by atoms with Crippen molar-refractivity contribution in [3.63, 3.8) is 0 Å². The minimum atomic E-state index is -0.258. The zero-order chi connectivity index (χ0) is 23.9. The lowest BCUT2D eigenvalue weighted by molar-refractivity contribution is -0.132. The standard InChI is InChI=1S/C26H25FN6O2/c27-19-9-11-20(12-10-19)30-13-15-31(16-14-30)23(34)17-32-22-8-4-7-21(22)25(35)33-26(32)28-24(29-33)18-5-2-1-3-6-18/h1-3,5-6,9-12H,4,7-8,13-17H2. The van der Waals surface area contributed by atoms with Crippen LogP contribution in [0.2, 0.25) is 0 Å². The molecule has 2 aliphatic rings. The maximum Gasteiger partial charge on any atom is 0.279 e. The lowest BCUT2D eigenvalue weighted by Gasteiger charge is -2.36. The highest BCUT2D eigenvalue weighted by molar-refractivity contribution is 5.77. The predicted molar refractivity (Wildman–Crippen MR) is 130 cm³/mol. The number of carbonyl (C=O) groups excluding carboxylic acids is 1. The third-order valence-electron chi connectivity index (χ3n) is 6.95. The first kappa shape index (κ1) is 21.5. The Balaban J connectivity index is 1.27. The van der Waals surface area contributed by atoms with Gasteiger partial charge in [-0.1, -0.05) is 30.3 Å². The van der Waals surface area contributed by atoms with Gasteiger partial charge in [-0.15, -0.1) is 5.10 Å². The number of benzene rings is 2. The maximum atomic E-state index is 13.4. The SMILES string of the molecule is O=C(Cn1c2c(c(=O)n3nc(-c4ccccc4)nc13)CCC2)N1CCN(c2ccc(F)cc2)CC1. The van der Waals surface area contributed by atoms with E-state index >= 15 is 0 Å². The normalized spacial score (nSPS) is 15.6. The fourth-order valence-corrected chi connectivity index (χ4v) is 5.10. The number of rotatable bonds is 4. The van der Waals surface area contributed by atoms with Gasteiger partial charge < -0.3 is 14.4 Å². The van der Waals surface area contributed by atoms with Crippen LogP contribution in [0.3, 0.4) is 0 Å². The van der Waals surface area contributed by atoms with E-state index in [9.17, 15) is 14.0 Å². The molecule has 2 aromatic carbocycles. The molecular formula is C26H25FN6O2. The third-order valence-corrected chi connectivity index (χ3v) is 6.95. The molecular weight excluding hydrogens is 447 g/mol. The van der Waals surface area contributed by atoms with Crippen LogP contribution in [0.25, 0.3) is 17.2 Å². The topological polar surface area (TPSA) is 75.7 Å². The van der Waals surface area contributed by atoms with Gasteiger partial charge in [0.25, 0.3) is 5.56 Å². The monoisotopic (exact) mass is 472 g/mol. The van der Waals surface area contributed by atoms with Gasteiger partial charge in [-0.05, 0) is 43.5 Å². The van der Waals surface area contributed by atoms with Gasteiger partial charge in [-0.2, -0.15) is 9.50 Å². The summed E-state index contributed by atoms with van der Waals surface area (Å²) < 4.78 is 16.5. The molecule has 1 aliphatic heterocycles. The summed E-state index contributed by atoms with van der Waals surface area (Å²) in [6, 6.07) is 16.0. The number of hydrogen-bond donors (Lipinski definition) is 0. The lowest BCUT2D eigenvalue weighted by atomic mass is 10.2. The summed E-state index contributed by atoms with van der Waals surface area (Å²) in [6.45, 7) is 2.64. The number of anilines is 1. The molecule has 0 N–H and O–H groups in total. The van der Waals surface area contributed by atoms with Gasteiger partial charge in [0.1, 0.15) is 12.4 Å². The van der Waals surface area contributed by atoms with Crippen LogP contribution in [-0.2, 0) is 24.2 Å². The van der Waals surface area contributed by atoms with Gasteiger partial charge in [0.05, 0.1) is 0 Å². The molecule has 35 heavy (non-hydrogen) atoms. The highest BCUT2D eigenvalue weighted by atomic mass is 19.1. The number of halogens is 1. The molecule has 9 heteroatoms. The van der Waals surface area contributed by atoms with Crippen molar-refractivity contribution in [1.29, 1.82) is 0 Å². The van der Waals surface area contributed by atoms with E-state index in [0.29, 0.717) is 44.2 Å². The van der Waals surface area contributed by atoms with Crippen LogP contribution in [0.4, 0.5) is 10.1 Å². The number of nitrogens with zero attached hydrogens (tertiary/aromatic N) is 6. The minimum Gasteiger partial charge on any atom is -0.368 e. The lowest BCUT2D eigenvalue weighted by Crippen LogP contribution is -2.49. The Morgan fingerprint density at radius 3 is 2.43 bits per heavy atom. The summed E-state index contributed by atoms with van der Waals surface area (Å²) in [5.74, 6) is 0.618. The average Bonchev–Trinajstić information content (AvgIpc) is 3.56. The molecule has 0 radical (unpaired) electrons. The molecule has 1 fully saturated rings. The van der Waals surface area contributed by atoms with Gasteiger partial charge in [0, 0.05) is 48.7 Å². The van der Waals surface area contributed by atoms with E-state index < -0.39 is 0 Å². The third kappa shape index (κ3) is 3.86. The van der Waals surface area contributed by atoms with E-state index in [-0.39, 0.29) is 23.8 Å². The molecule has 0 atom stereocenters. The van der Waals surface area contributed by atoms with Gasteiger partial charge in [-0.3, -0.25) is 9.59 Å². The number of amides is 1. The van der Waals surface area contributed by atoms with Crippen molar-refractivity contribution in [2.45, 2.75) is 25.8 Å². The molecule has 0 bridgehead atoms. The first-order chi connectivity index (χ1) is 17.1. The van der Waals surface area contributed by atoms with E-state index in [1.807, 2.05) is 39.8 Å². The highest BCUT2D eigenvalue weighted by Crippen LogP contribution is 2.23. The maximum absolute atomic E-state index is 13.4. The molecule has 6 rings (SSSR count). The Labute approximate surface area is 201 Å². The molecule has 0 saturated carbocycles. The number of piperazine rings is 1. The molecule has 8 nitrogen and oxygen atoms in total.